The molecule has 2 rings (SSSR count). The predicted molar refractivity (Wildman–Crippen MR) is 55.2 cm³/mol. The first kappa shape index (κ1) is 9.19. The van der Waals surface area contributed by atoms with E-state index in [-0.39, 0.29) is 0 Å². The van der Waals surface area contributed by atoms with Gasteiger partial charge in [0.25, 0.3) is 5.71 Å². The van der Waals surface area contributed by atoms with Crippen LogP contribution < -0.4 is 0 Å². The van der Waals surface area contributed by atoms with E-state index in [2.05, 4.69) is 30.1 Å². The molecule has 0 aliphatic heterocycles. The maximum atomic E-state index is 5.06. The van der Waals surface area contributed by atoms with Gasteiger partial charge in [0.1, 0.15) is 0 Å². The SMILES string of the molecule is CCC(C)c1cnc2onc(C)c2c1. The zero-order valence-electron chi connectivity index (χ0n) is 8.74. The summed E-state index contributed by atoms with van der Waals surface area (Å²) in [4.78, 5) is 4.24. The Kier molecular flexibility index (Phi) is 2.23. The minimum Gasteiger partial charge on any atom is -0.336 e. The van der Waals surface area contributed by atoms with Crippen molar-refractivity contribution in [3.8, 4) is 0 Å². The first-order chi connectivity index (χ1) is 6.72. The fraction of sp³-hybridized carbons (Fsp3) is 0.455. The van der Waals surface area contributed by atoms with Crippen LogP contribution in [0.5, 0.6) is 0 Å². The molecule has 2 aromatic heterocycles. The van der Waals surface area contributed by atoms with Crippen LogP contribution in [0.25, 0.3) is 11.1 Å². The Morgan fingerprint density at radius 1 is 1.50 bits per heavy atom. The molecular formula is C11H14N2O. The quantitative estimate of drug-likeness (QED) is 0.730. The van der Waals surface area contributed by atoms with Gasteiger partial charge in [-0.2, -0.15) is 0 Å². The van der Waals surface area contributed by atoms with Crippen LogP contribution in [0.1, 0.15) is 37.4 Å². The van der Waals surface area contributed by atoms with Crippen LogP contribution in [0.4, 0.5) is 0 Å². The molecule has 2 aromatic rings. The van der Waals surface area contributed by atoms with Crippen molar-refractivity contribution in [2.45, 2.75) is 33.1 Å². The molecule has 1 atom stereocenters. The van der Waals surface area contributed by atoms with E-state index in [1.165, 1.54) is 5.56 Å². The summed E-state index contributed by atoms with van der Waals surface area (Å²) in [5, 5.41) is 4.91. The van der Waals surface area contributed by atoms with Crippen molar-refractivity contribution in [1.82, 2.24) is 10.1 Å². The van der Waals surface area contributed by atoms with Crippen molar-refractivity contribution in [2.75, 3.05) is 0 Å². The van der Waals surface area contributed by atoms with Crippen molar-refractivity contribution in [3.63, 3.8) is 0 Å². The number of pyridine rings is 1. The summed E-state index contributed by atoms with van der Waals surface area (Å²) in [6.45, 7) is 6.31. The van der Waals surface area contributed by atoms with Crippen LogP contribution in [0.15, 0.2) is 16.8 Å². The lowest BCUT2D eigenvalue weighted by Crippen LogP contribution is -1.92. The smallest absolute Gasteiger partial charge is 0.257 e. The van der Waals surface area contributed by atoms with Gasteiger partial charge in [-0.1, -0.05) is 19.0 Å². The fourth-order valence-corrected chi connectivity index (χ4v) is 1.47. The summed E-state index contributed by atoms with van der Waals surface area (Å²) in [5.41, 5.74) is 2.80. The molecule has 74 valence electrons. The highest BCUT2D eigenvalue weighted by molar-refractivity contribution is 5.76. The van der Waals surface area contributed by atoms with Gasteiger partial charge in [0.2, 0.25) is 0 Å². The first-order valence-electron chi connectivity index (χ1n) is 4.94. The average Bonchev–Trinajstić information content (AvgIpc) is 2.59. The highest BCUT2D eigenvalue weighted by Crippen LogP contribution is 2.23. The molecule has 0 aromatic carbocycles. The van der Waals surface area contributed by atoms with Crippen LogP contribution in [0.2, 0.25) is 0 Å². The van der Waals surface area contributed by atoms with Gasteiger partial charge in [0.15, 0.2) is 0 Å². The molecule has 0 saturated carbocycles. The molecule has 0 aliphatic rings. The van der Waals surface area contributed by atoms with Gasteiger partial charge < -0.3 is 4.52 Å². The summed E-state index contributed by atoms with van der Waals surface area (Å²) in [7, 11) is 0. The van der Waals surface area contributed by atoms with Gasteiger partial charge in [-0.25, -0.2) is 4.98 Å². The van der Waals surface area contributed by atoms with Gasteiger partial charge in [-0.3, -0.25) is 0 Å². The van der Waals surface area contributed by atoms with Crippen LogP contribution in [-0.4, -0.2) is 10.1 Å². The van der Waals surface area contributed by atoms with E-state index in [9.17, 15) is 0 Å². The van der Waals surface area contributed by atoms with Crippen LogP contribution in [0.3, 0.4) is 0 Å². The lowest BCUT2D eigenvalue weighted by molar-refractivity contribution is 0.442. The third-order valence-electron chi connectivity index (χ3n) is 2.71. The monoisotopic (exact) mass is 190 g/mol. The Labute approximate surface area is 83.1 Å². The van der Waals surface area contributed by atoms with E-state index in [0.29, 0.717) is 11.6 Å². The number of fused-ring (bicyclic) bond motifs is 1. The van der Waals surface area contributed by atoms with Gasteiger partial charge in [-0.15, -0.1) is 0 Å². The average molecular weight is 190 g/mol. The van der Waals surface area contributed by atoms with E-state index in [4.69, 9.17) is 4.52 Å². The third-order valence-corrected chi connectivity index (χ3v) is 2.71. The maximum absolute atomic E-state index is 5.06. The Morgan fingerprint density at radius 3 is 3.00 bits per heavy atom. The summed E-state index contributed by atoms with van der Waals surface area (Å²) >= 11 is 0. The minimum absolute atomic E-state index is 0.543. The molecule has 0 fully saturated rings. The second-order valence-electron chi connectivity index (χ2n) is 3.70. The Morgan fingerprint density at radius 2 is 2.29 bits per heavy atom. The van der Waals surface area contributed by atoms with Crippen molar-refractivity contribution in [2.24, 2.45) is 0 Å². The molecule has 3 nitrogen and oxygen atoms in total. The fourth-order valence-electron chi connectivity index (χ4n) is 1.47. The summed E-state index contributed by atoms with van der Waals surface area (Å²) < 4.78 is 5.06. The molecule has 3 heteroatoms. The largest absolute Gasteiger partial charge is 0.336 e. The Balaban J connectivity index is 2.54. The molecule has 0 aliphatic carbocycles. The summed E-state index contributed by atoms with van der Waals surface area (Å²) in [6, 6.07) is 2.13. The zero-order chi connectivity index (χ0) is 10.1. The minimum atomic E-state index is 0.543. The lowest BCUT2D eigenvalue weighted by Gasteiger charge is -2.07. The molecule has 0 N–H and O–H groups in total. The molecule has 0 radical (unpaired) electrons. The standard InChI is InChI=1S/C11H14N2O/c1-4-7(2)9-5-10-8(3)13-14-11(10)12-6-9/h5-7H,4H2,1-3H3. The van der Waals surface area contributed by atoms with Crippen molar-refractivity contribution < 1.29 is 4.52 Å². The third kappa shape index (κ3) is 1.39. The Bertz CT molecular complexity index is 447. The Hall–Kier alpha value is -1.38. The molecule has 14 heavy (non-hydrogen) atoms. The molecule has 0 saturated heterocycles. The van der Waals surface area contributed by atoms with E-state index >= 15 is 0 Å². The highest BCUT2D eigenvalue weighted by atomic mass is 16.5. The molecule has 0 spiro atoms. The molecular weight excluding hydrogens is 176 g/mol. The van der Waals surface area contributed by atoms with Crippen LogP contribution in [0, 0.1) is 6.92 Å². The maximum Gasteiger partial charge on any atom is 0.257 e. The predicted octanol–water partition coefficient (Wildman–Crippen LogP) is 3.04. The summed E-state index contributed by atoms with van der Waals surface area (Å²) in [6.07, 6.45) is 3.00. The van der Waals surface area contributed by atoms with Crippen molar-refractivity contribution >= 4 is 11.1 Å². The number of hydrogen-bond donors (Lipinski definition) is 0. The van der Waals surface area contributed by atoms with Crippen LogP contribution in [-0.2, 0) is 0 Å². The second-order valence-corrected chi connectivity index (χ2v) is 3.70. The normalized spacial score (nSPS) is 13.4. The molecule has 0 amide bonds. The van der Waals surface area contributed by atoms with Crippen molar-refractivity contribution in [1.29, 1.82) is 0 Å². The van der Waals surface area contributed by atoms with Gasteiger partial charge in [0.05, 0.1) is 11.1 Å². The number of aryl methyl sites for hydroxylation is 1. The van der Waals surface area contributed by atoms with E-state index in [1.54, 1.807) is 0 Å². The number of aromatic nitrogens is 2. The second kappa shape index (κ2) is 3.40. The lowest BCUT2D eigenvalue weighted by atomic mass is 10.00. The van der Waals surface area contributed by atoms with Gasteiger partial charge in [-0.05, 0) is 30.9 Å². The first-order valence-corrected chi connectivity index (χ1v) is 4.94. The highest BCUT2D eigenvalue weighted by Gasteiger charge is 2.09. The summed E-state index contributed by atoms with van der Waals surface area (Å²) in [5.74, 6) is 0.543. The van der Waals surface area contributed by atoms with Gasteiger partial charge in [0, 0.05) is 6.20 Å². The molecule has 0 bridgehead atoms. The number of rotatable bonds is 2. The number of hydrogen-bond acceptors (Lipinski definition) is 3. The van der Waals surface area contributed by atoms with Crippen molar-refractivity contribution in [3.05, 3.63) is 23.5 Å². The topological polar surface area (TPSA) is 38.9 Å². The van der Waals surface area contributed by atoms with E-state index in [1.807, 2.05) is 13.1 Å². The number of nitrogens with zero attached hydrogens (tertiary/aromatic N) is 2. The van der Waals surface area contributed by atoms with E-state index < -0.39 is 0 Å². The molecule has 2 heterocycles. The zero-order valence-corrected chi connectivity index (χ0v) is 8.74. The van der Waals surface area contributed by atoms with Crippen LogP contribution >= 0.6 is 0 Å². The molecule has 1 unspecified atom stereocenters. The van der Waals surface area contributed by atoms with Gasteiger partial charge >= 0.3 is 0 Å². The van der Waals surface area contributed by atoms with E-state index in [0.717, 1.165) is 17.5 Å².